The Morgan fingerprint density at radius 3 is 2.36 bits per heavy atom. The van der Waals surface area contributed by atoms with E-state index < -0.39 is 25.0 Å². The van der Waals surface area contributed by atoms with Crippen LogP contribution in [-0.4, -0.2) is 54.4 Å². The predicted octanol–water partition coefficient (Wildman–Crippen LogP) is -0.472. The van der Waals surface area contributed by atoms with Crippen molar-refractivity contribution in [3.05, 3.63) is 0 Å². The average molecular weight is 164 g/mol. The molecule has 0 aromatic heterocycles. The summed E-state index contributed by atoms with van der Waals surface area (Å²) in [7, 11) is 4.68. The third kappa shape index (κ3) is 7.29. The summed E-state index contributed by atoms with van der Waals surface area (Å²) in [6.07, 6.45) is -2.08. The van der Waals surface area contributed by atoms with Gasteiger partial charge >= 0.3 is 5.97 Å². The lowest BCUT2D eigenvalue weighted by molar-refractivity contribution is -0.873. The number of quaternary nitrogens is 1. The molecule has 11 heavy (non-hydrogen) atoms. The molecular formula is C7H16NO3+. The number of aliphatic carboxylic acids is 1. The molecule has 66 valence electrons. The highest BCUT2D eigenvalue weighted by atomic mass is 16.4. The minimum absolute atomic E-state index is 0.137. The highest BCUT2D eigenvalue weighted by Gasteiger charge is 2.17. The number of likely N-dealkylation sites (N-methyl/N-ethyl adjacent to an activating group) is 1. The molecule has 0 bridgehead atoms. The molecule has 0 radical (unpaired) electrons. The van der Waals surface area contributed by atoms with Crippen LogP contribution < -0.4 is 0 Å². The van der Waals surface area contributed by atoms with Gasteiger partial charge in [0.05, 0.1) is 30.3 Å². The Kier molecular flexibility index (Phi) is 2.37. The van der Waals surface area contributed by atoms with Gasteiger partial charge in [0.1, 0.15) is 12.6 Å². The summed E-state index contributed by atoms with van der Waals surface area (Å²) in [6.45, 7) is -1.96. The third-order valence-electron chi connectivity index (χ3n) is 0.904. The van der Waals surface area contributed by atoms with Gasteiger partial charge in [0.2, 0.25) is 0 Å². The van der Waals surface area contributed by atoms with E-state index in [1.807, 2.05) is 0 Å². The quantitative estimate of drug-likeness (QED) is 0.552. The fraction of sp³-hybridized carbons (Fsp3) is 0.857. The van der Waals surface area contributed by atoms with Crippen LogP contribution in [0.5, 0.6) is 0 Å². The first-order valence-corrected chi connectivity index (χ1v) is 3.30. The van der Waals surface area contributed by atoms with Crippen LogP contribution in [0.15, 0.2) is 0 Å². The molecule has 0 aromatic rings. The van der Waals surface area contributed by atoms with Gasteiger partial charge in [-0.05, 0) is 0 Å². The van der Waals surface area contributed by atoms with Crippen molar-refractivity contribution in [2.75, 3.05) is 27.6 Å². The molecule has 1 atom stereocenters. The van der Waals surface area contributed by atoms with Gasteiger partial charge in [-0.1, -0.05) is 0 Å². The summed E-state index contributed by atoms with van der Waals surface area (Å²) >= 11 is 0. The van der Waals surface area contributed by atoms with Gasteiger partial charge in [-0.15, -0.1) is 0 Å². The van der Waals surface area contributed by atoms with Crippen molar-refractivity contribution < 1.29 is 22.2 Å². The highest BCUT2D eigenvalue weighted by Crippen LogP contribution is 1.98. The standard InChI is InChI=1S/C7H15NO3/c1-8(2,3)5-6(9)4-7(10)11/h6,9H,4-5H2,1-3H3/p+1/t6-/m0/s1/i5D2. The first kappa shape index (κ1) is 7.06. The Morgan fingerprint density at radius 2 is 2.09 bits per heavy atom. The zero-order valence-corrected chi connectivity index (χ0v) is 7.03. The number of aliphatic hydroxyl groups is 1. The highest BCUT2D eigenvalue weighted by molar-refractivity contribution is 5.67. The largest absolute Gasteiger partial charge is 0.481 e. The molecule has 0 unspecified atom stereocenters. The van der Waals surface area contributed by atoms with Crippen LogP contribution in [0.2, 0.25) is 0 Å². The van der Waals surface area contributed by atoms with Crippen molar-refractivity contribution in [2.24, 2.45) is 0 Å². The van der Waals surface area contributed by atoms with Crippen LogP contribution >= 0.6 is 0 Å². The summed E-state index contributed by atoms with van der Waals surface area (Å²) < 4.78 is 14.9. The van der Waals surface area contributed by atoms with Crippen molar-refractivity contribution in [1.82, 2.24) is 0 Å². The molecule has 0 amide bonds. The van der Waals surface area contributed by atoms with E-state index in [4.69, 9.17) is 7.85 Å². The molecule has 0 heterocycles. The fourth-order valence-electron chi connectivity index (χ4n) is 0.658. The Balaban J connectivity index is 4.54. The van der Waals surface area contributed by atoms with Gasteiger partial charge in [-0.2, -0.15) is 0 Å². The van der Waals surface area contributed by atoms with E-state index in [-0.39, 0.29) is 4.48 Å². The molecule has 0 aliphatic heterocycles. The van der Waals surface area contributed by atoms with E-state index in [1.54, 1.807) is 21.1 Å². The number of carboxylic acid groups (broad SMARTS) is 1. The average Bonchev–Trinajstić information content (AvgIpc) is 1.82. The van der Waals surface area contributed by atoms with Crippen LogP contribution in [0.25, 0.3) is 0 Å². The van der Waals surface area contributed by atoms with Crippen LogP contribution in [-0.2, 0) is 4.79 Å². The lowest BCUT2D eigenvalue weighted by Gasteiger charge is -2.25. The zero-order chi connectivity index (χ0) is 10.9. The number of aliphatic hydroxyl groups excluding tert-OH is 1. The monoisotopic (exact) mass is 164 g/mol. The van der Waals surface area contributed by atoms with E-state index in [0.717, 1.165) is 0 Å². The molecule has 0 aliphatic carbocycles. The molecule has 2 N–H and O–H groups in total. The zero-order valence-electron chi connectivity index (χ0n) is 9.03. The Labute approximate surface area is 69.5 Å². The minimum atomic E-state index is -1.96. The van der Waals surface area contributed by atoms with Crippen molar-refractivity contribution in [3.8, 4) is 0 Å². The second-order valence-electron chi connectivity index (χ2n) is 3.26. The summed E-state index contributed by atoms with van der Waals surface area (Å²) in [5.74, 6) is -1.20. The number of hydrogen-bond donors (Lipinski definition) is 2. The number of rotatable bonds is 4. The smallest absolute Gasteiger partial charge is 0.306 e. The summed E-state index contributed by atoms with van der Waals surface area (Å²) in [5, 5.41) is 17.7. The maximum absolute atomic E-state index is 10.2. The van der Waals surface area contributed by atoms with E-state index in [2.05, 4.69) is 0 Å². The first-order chi connectivity index (χ1) is 5.59. The number of hydrogen-bond acceptors (Lipinski definition) is 2. The van der Waals surface area contributed by atoms with Crippen LogP contribution in [0.3, 0.4) is 0 Å². The molecular weight excluding hydrogens is 146 g/mol. The van der Waals surface area contributed by atoms with E-state index in [1.165, 1.54) is 0 Å². The van der Waals surface area contributed by atoms with Gasteiger partial charge in [0.15, 0.2) is 0 Å². The summed E-state index contributed by atoms with van der Waals surface area (Å²) in [5.41, 5.74) is 0. The van der Waals surface area contributed by atoms with E-state index in [9.17, 15) is 9.90 Å². The van der Waals surface area contributed by atoms with Gasteiger partial charge in [-0.3, -0.25) is 4.79 Å². The molecule has 0 aliphatic rings. The van der Waals surface area contributed by atoms with Crippen LogP contribution in [0.4, 0.5) is 0 Å². The van der Waals surface area contributed by atoms with Crippen molar-refractivity contribution in [1.29, 1.82) is 0 Å². The SMILES string of the molecule is [2H]C([2H])([C@@H](O)CC(=O)O)[N+](C)(C)C. The summed E-state index contributed by atoms with van der Waals surface area (Å²) in [6, 6.07) is 0. The van der Waals surface area contributed by atoms with Gasteiger partial charge in [0.25, 0.3) is 0 Å². The van der Waals surface area contributed by atoms with E-state index in [0.29, 0.717) is 0 Å². The van der Waals surface area contributed by atoms with Crippen LogP contribution in [0.1, 0.15) is 9.16 Å². The van der Waals surface area contributed by atoms with Crippen molar-refractivity contribution >= 4 is 5.97 Å². The molecule has 4 heteroatoms. The fourth-order valence-corrected chi connectivity index (χ4v) is 0.658. The molecule has 0 saturated heterocycles. The van der Waals surface area contributed by atoms with E-state index >= 15 is 0 Å². The van der Waals surface area contributed by atoms with Gasteiger partial charge in [-0.25, -0.2) is 0 Å². The normalized spacial score (nSPS) is 18.5. The second kappa shape index (κ2) is 3.69. The molecule has 0 fully saturated rings. The summed E-state index contributed by atoms with van der Waals surface area (Å²) in [4.78, 5) is 10.2. The Bertz CT molecular complexity index is 200. The molecule has 4 nitrogen and oxygen atoms in total. The predicted molar refractivity (Wildman–Crippen MR) is 41.2 cm³/mol. The first-order valence-electron chi connectivity index (χ1n) is 4.30. The molecule has 0 aromatic carbocycles. The Morgan fingerprint density at radius 1 is 1.64 bits per heavy atom. The molecule has 0 rings (SSSR count). The van der Waals surface area contributed by atoms with Crippen molar-refractivity contribution in [2.45, 2.75) is 12.5 Å². The van der Waals surface area contributed by atoms with Crippen molar-refractivity contribution in [3.63, 3.8) is 0 Å². The minimum Gasteiger partial charge on any atom is -0.481 e. The topological polar surface area (TPSA) is 57.5 Å². The van der Waals surface area contributed by atoms with Crippen LogP contribution in [0, 0.1) is 0 Å². The third-order valence-corrected chi connectivity index (χ3v) is 0.904. The Hall–Kier alpha value is -0.610. The second-order valence-corrected chi connectivity index (χ2v) is 3.26. The maximum Gasteiger partial charge on any atom is 0.306 e. The lowest BCUT2D eigenvalue weighted by Crippen LogP contribution is -2.42. The number of carbonyl (C=O) groups is 1. The number of carboxylic acids is 1. The van der Waals surface area contributed by atoms with Gasteiger partial charge < -0.3 is 14.7 Å². The molecule has 0 saturated carbocycles. The molecule has 0 spiro atoms. The maximum atomic E-state index is 10.2. The van der Waals surface area contributed by atoms with Gasteiger partial charge in [0, 0.05) is 0 Å². The lowest BCUT2D eigenvalue weighted by atomic mass is 10.2. The number of nitrogens with zero attached hydrogens (tertiary/aromatic N) is 1.